The molecule has 1 aliphatic heterocycles. The van der Waals surface area contributed by atoms with Crippen molar-refractivity contribution >= 4 is 28.0 Å². The molecule has 1 aromatic carbocycles. The van der Waals surface area contributed by atoms with Crippen LogP contribution in [0.5, 0.6) is 0 Å². The van der Waals surface area contributed by atoms with Crippen molar-refractivity contribution in [3.63, 3.8) is 0 Å². The molecule has 0 bridgehead atoms. The molecule has 3 rings (SSSR count). The number of halogens is 1. The second-order valence-electron chi connectivity index (χ2n) is 7.90. The van der Waals surface area contributed by atoms with Crippen molar-refractivity contribution < 1.29 is 19.1 Å². The second kappa shape index (κ2) is 8.57. The van der Waals surface area contributed by atoms with Gasteiger partial charge in [0.05, 0.1) is 12.6 Å². The summed E-state index contributed by atoms with van der Waals surface area (Å²) >= 11 is 3.42. The highest BCUT2D eigenvalue weighted by molar-refractivity contribution is 9.10. The van der Waals surface area contributed by atoms with Crippen LogP contribution in [-0.4, -0.2) is 45.7 Å². The van der Waals surface area contributed by atoms with Gasteiger partial charge >= 0.3 is 12.1 Å². The van der Waals surface area contributed by atoms with Gasteiger partial charge in [0.1, 0.15) is 17.1 Å². The Balaban J connectivity index is 1.96. The number of ether oxygens (including phenoxy) is 2. The number of nitrogens with zero attached hydrogens (tertiary/aromatic N) is 2. The Labute approximate surface area is 178 Å². The summed E-state index contributed by atoms with van der Waals surface area (Å²) in [6.45, 7) is 8.13. The minimum absolute atomic E-state index is 0.264. The largest absolute Gasteiger partial charge is 0.461 e. The van der Waals surface area contributed by atoms with E-state index >= 15 is 0 Å². The number of carbonyl (C=O) groups excluding carboxylic acids is 2. The molecule has 1 aliphatic rings. The van der Waals surface area contributed by atoms with Gasteiger partial charge in [-0.05, 0) is 52.7 Å². The predicted molar refractivity (Wildman–Crippen MR) is 113 cm³/mol. The number of amides is 1. The molecule has 1 fully saturated rings. The monoisotopic (exact) mass is 463 g/mol. The Hall–Kier alpha value is -2.35. The van der Waals surface area contributed by atoms with Crippen LogP contribution in [0.4, 0.5) is 4.79 Å². The van der Waals surface area contributed by atoms with Gasteiger partial charge < -0.3 is 14.5 Å². The Morgan fingerprint density at radius 1 is 1.28 bits per heavy atom. The molecule has 1 amide bonds. The number of nitrogens with one attached hydrogen (secondary N) is 1. The van der Waals surface area contributed by atoms with Crippen molar-refractivity contribution in [2.75, 3.05) is 13.2 Å². The average Bonchev–Trinajstić information content (AvgIpc) is 3.28. The number of esters is 1. The first kappa shape index (κ1) is 21.4. The fourth-order valence-corrected chi connectivity index (χ4v) is 3.57. The van der Waals surface area contributed by atoms with Crippen molar-refractivity contribution in [2.24, 2.45) is 0 Å². The molecule has 0 spiro atoms. The molecule has 7 nitrogen and oxygen atoms in total. The van der Waals surface area contributed by atoms with Crippen molar-refractivity contribution in [3.8, 4) is 11.3 Å². The summed E-state index contributed by atoms with van der Waals surface area (Å²) in [5.74, 6) is 0.0975. The molecule has 0 aliphatic carbocycles. The van der Waals surface area contributed by atoms with Crippen LogP contribution in [0.2, 0.25) is 0 Å². The van der Waals surface area contributed by atoms with Crippen molar-refractivity contribution in [2.45, 2.75) is 52.2 Å². The molecular formula is C21H26BrN3O4. The van der Waals surface area contributed by atoms with E-state index in [-0.39, 0.29) is 18.7 Å². The third-order valence-corrected chi connectivity index (χ3v) is 5.04. The number of carbonyl (C=O) groups is 2. The number of aromatic nitrogens is 2. The lowest BCUT2D eigenvalue weighted by Crippen LogP contribution is -2.36. The zero-order valence-electron chi connectivity index (χ0n) is 17.1. The summed E-state index contributed by atoms with van der Waals surface area (Å²) in [4.78, 5) is 34.7. The van der Waals surface area contributed by atoms with Gasteiger partial charge in [-0.3, -0.25) is 4.90 Å². The number of H-pyrrole nitrogens is 1. The summed E-state index contributed by atoms with van der Waals surface area (Å²) in [5.41, 5.74) is 1.02. The number of likely N-dealkylation sites (tertiary alicyclic amines) is 1. The summed E-state index contributed by atoms with van der Waals surface area (Å²) in [6.07, 6.45) is 1.21. The fourth-order valence-electron chi connectivity index (χ4n) is 3.31. The lowest BCUT2D eigenvalue weighted by Gasteiger charge is -2.27. The van der Waals surface area contributed by atoms with E-state index in [9.17, 15) is 9.59 Å². The molecule has 29 heavy (non-hydrogen) atoms. The maximum atomic E-state index is 12.6. The normalized spacial score (nSPS) is 16.7. The Kier molecular flexibility index (Phi) is 6.31. The van der Waals surface area contributed by atoms with Gasteiger partial charge in [-0.15, -0.1) is 0 Å². The van der Waals surface area contributed by atoms with E-state index in [4.69, 9.17) is 14.5 Å². The van der Waals surface area contributed by atoms with Crippen molar-refractivity contribution in [1.82, 2.24) is 14.9 Å². The van der Waals surface area contributed by atoms with Crippen molar-refractivity contribution in [3.05, 3.63) is 40.3 Å². The van der Waals surface area contributed by atoms with Crippen LogP contribution in [0.25, 0.3) is 11.3 Å². The number of aromatic amines is 1. The van der Waals surface area contributed by atoms with Crippen LogP contribution in [0, 0.1) is 0 Å². The SMILES string of the molecule is CCOC(=O)c1[nH]c([C@@H]2CCCN2C(=O)OC(C)(C)C)nc1-c1ccc(Br)cc1. The number of hydrogen-bond acceptors (Lipinski definition) is 5. The van der Waals surface area contributed by atoms with E-state index in [1.165, 1.54) is 0 Å². The Morgan fingerprint density at radius 3 is 2.59 bits per heavy atom. The molecule has 1 saturated heterocycles. The van der Waals surface area contributed by atoms with Crippen LogP contribution in [-0.2, 0) is 9.47 Å². The van der Waals surface area contributed by atoms with Crippen LogP contribution < -0.4 is 0 Å². The molecule has 0 radical (unpaired) electrons. The standard InChI is InChI=1S/C21H26BrN3O4/c1-5-28-19(26)17-16(13-8-10-14(22)11-9-13)23-18(24-17)15-7-6-12-25(15)20(27)29-21(2,3)4/h8-11,15H,5-7,12H2,1-4H3,(H,23,24)/t15-/m0/s1. The summed E-state index contributed by atoms with van der Waals surface area (Å²) in [6, 6.07) is 7.27. The second-order valence-corrected chi connectivity index (χ2v) is 8.82. The van der Waals surface area contributed by atoms with Crippen LogP contribution in [0.1, 0.15) is 62.9 Å². The van der Waals surface area contributed by atoms with Crippen LogP contribution >= 0.6 is 15.9 Å². The highest BCUT2D eigenvalue weighted by Crippen LogP contribution is 2.34. The molecule has 1 aromatic heterocycles. The molecule has 2 heterocycles. The third-order valence-electron chi connectivity index (χ3n) is 4.52. The maximum Gasteiger partial charge on any atom is 0.410 e. The Morgan fingerprint density at radius 2 is 1.97 bits per heavy atom. The van der Waals surface area contributed by atoms with Gasteiger partial charge in [0.2, 0.25) is 0 Å². The van der Waals surface area contributed by atoms with Gasteiger partial charge in [-0.2, -0.15) is 0 Å². The van der Waals surface area contributed by atoms with Gasteiger partial charge in [0.25, 0.3) is 0 Å². The molecule has 0 unspecified atom stereocenters. The molecule has 1 atom stereocenters. The zero-order chi connectivity index (χ0) is 21.2. The van der Waals surface area contributed by atoms with E-state index in [2.05, 4.69) is 20.9 Å². The first-order valence-corrected chi connectivity index (χ1v) is 10.5. The minimum atomic E-state index is -0.577. The van der Waals surface area contributed by atoms with E-state index < -0.39 is 11.6 Å². The highest BCUT2D eigenvalue weighted by Gasteiger charge is 2.36. The third kappa shape index (κ3) is 4.98. The van der Waals surface area contributed by atoms with E-state index in [0.717, 1.165) is 22.9 Å². The molecule has 1 N–H and O–H groups in total. The number of benzene rings is 1. The van der Waals surface area contributed by atoms with Gasteiger partial charge in [-0.1, -0.05) is 28.1 Å². The topological polar surface area (TPSA) is 84.5 Å². The molecular weight excluding hydrogens is 438 g/mol. The van der Waals surface area contributed by atoms with Gasteiger partial charge in [0, 0.05) is 16.6 Å². The lowest BCUT2D eigenvalue weighted by molar-refractivity contribution is 0.0218. The fraction of sp³-hybridized carbons (Fsp3) is 0.476. The highest BCUT2D eigenvalue weighted by atomic mass is 79.9. The van der Waals surface area contributed by atoms with Crippen molar-refractivity contribution in [1.29, 1.82) is 0 Å². The zero-order valence-corrected chi connectivity index (χ0v) is 18.7. The van der Waals surface area contributed by atoms with Crippen LogP contribution in [0.3, 0.4) is 0 Å². The van der Waals surface area contributed by atoms with Gasteiger partial charge in [-0.25, -0.2) is 14.6 Å². The van der Waals surface area contributed by atoms with Gasteiger partial charge in [0.15, 0.2) is 5.69 Å². The predicted octanol–water partition coefficient (Wildman–Crippen LogP) is 5.09. The number of imidazole rings is 1. The van der Waals surface area contributed by atoms with E-state index in [1.54, 1.807) is 11.8 Å². The maximum absolute atomic E-state index is 12.6. The van der Waals surface area contributed by atoms with Crippen LogP contribution in [0.15, 0.2) is 28.7 Å². The Bertz CT molecular complexity index is 886. The number of rotatable bonds is 4. The molecule has 2 aromatic rings. The minimum Gasteiger partial charge on any atom is -0.461 e. The average molecular weight is 464 g/mol. The smallest absolute Gasteiger partial charge is 0.410 e. The summed E-state index contributed by atoms with van der Waals surface area (Å²) < 4.78 is 11.7. The first-order chi connectivity index (χ1) is 13.7. The molecule has 8 heteroatoms. The van der Waals surface area contributed by atoms with E-state index in [0.29, 0.717) is 23.8 Å². The first-order valence-electron chi connectivity index (χ1n) is 9.72. The summed E-state index contributed by atoms with van der Waals surface area (Å²) in [7, 11) is 0. The molecule has 0 saturated carbocycles. The number of hydrogen-bond donors (Lipinski definition) is 1. The quantitative estimate of drug-likeness (QED) is 0.638. The van der Waals surface area contributed by atoms with E-state index in [1.807, 2.05) is 45.0 Å². The molecule has 156 valence electrons. The lowest BCUT2D eigenvalue weighted by atomic mass is 10.1. The summed E-state index contributed by atoms with van der Waals surface area (Å²) in [5, 5.41) is 0.